The highest BCUT2D eigenvalue weighted by molar-refractivity contribution is 5.48. The maximum atomic E-state index is 9.26. The molecule has 2 aromatic rings. The third-order valence-electron chi connectivity index (χ3n) is 4.12. The number of nitrogens with zero attached hydrogens (tertiary/aromatic N) is 4. The summed E-state index contributed by atoms with van der Waals surface area (Å²) >= 11 is 0. The second-order valence-electron chi connectivity index (χ2n) is 6.84. The van der Waals surface area contributed by atoms with Crippen LogP contribution >= 0.6 is 0 Å². The van der Waals surface area contributed by atoms with Gasteiger partial charge in [-0.3, -0.25) is 0 Å². The number of hydrogen-bond donors (Lipinski definition) is 1. The van der Waals surface area contributed by atoms with Gasteiger partial charge in [0.2, 0.25) is 17.5 Å². The van der Waals surface area contributed by atoms with Crippen LogP contribution in [0.5, 0.6) is 0 Å². The van der Waals surface area contributed by atoms with Crippen molar-refractivity contribution in [2.45, 2.75) is 25.8 Å². The van der Waals surface area contributed by atoms with Gasteiger partial charge in [-0.05, 0) is 31.8 Å². The minimum atomic E-state index is 0.144. The molecule has 134 valence electrons. The number of nitrogens with one attached hydrogen (secondary N) is 1. The van der Waals surface area contributed by atoms with E-state index in [1.165, 1.54) is 5.56 Å². The summed E-state index contributed by atoms with van der Waals surface area (Å²) in [5, 5.41) is 12.5. The lowest BCUT2D eigenvalue weighted by Gasteiger charge is -2.25. The number of hydrogen-bond acceptors (Lipinski definition) is 6. The first kappa shape index (κ1) is 18.8. The summed E-state index contributed by atoms with van der Waals surface area (Å²) in [6.45, 7) is 4.60. The zero-order chi connectivity index (χ0) is 18.6. The Balaban J connectivity index is 2.16. The molecular formula is C19H27N5O. The van der Waals surface area contributed by atoms with Crippen molar-refractivity contribution < 1.29 is 4.42 Å². The van der Waals surface area contributed by atoms with Crippen molar-refractivity contribution in [1.29, 1.82) is 5.26 Å². The van der Waals surface area contributed by atoms with Crippen LogP contribution in [0.15, 0.2) is 28.7 Å². The minimum Gasteiger partial charge on any atom is -0.424 e. The van der Waals surface area contributed by atoms with Gasteiger partial charge in [0.1, 0.15) is 6.07 Å². The predicted molar refractivity (Wildman–Crippen MR) is 101 cm³/mol. The summed E-state index contributed by atoms with van der Waals surface area (Å²) < 4.78 is 5.71. The molecule has 6 nitrogen and oxygen atoms in total. The van der Waals surface area contributed by atoms with Crippen molar-refractivity contribution in [2.24, 2.45) is 0 Å². The molecule has 6 heteroatoms. The number of anilines is 2. The number of likely N-dealkylation sites (N-methyl/N-ethyl adjacent to an activating group) is 1. The average Bonchev–Trinajstić information content (AvgIpc) is 2.98. The Hall–Kier alpha value is -2.52. The van der Waals surface area contributed by atoms with Crippen molar-refractivity contribution in [2.75, 3.05) is 45.0 Å². The van der Waals surface area contributed by atoms with Gasteiger partial charge in [0.05, 0.1) is 6.04 Å². The summed E-state index contributed by atoms with van der Waals surface area (Å²) in [4.78, 5) is 8.46. The highest BCUT2D eigenvalue weighted by atomic mass is 16.4. The zero-order valence-corrected chi connectivity index (χ0v) is 15.9. The van der Waals surface area contributed by atoms with E-state index in [-0.39, 0.29) is 12.0 Å². The molecule has 1 aromatic heterocycles. The average molecular weight is 341 g/mol. The fourth-order valence-electron chi connectivity index (χ4n) is 2.56. The number of rotatable bonds is 7. The fourth-order valence-corrected chi connectivity index (χ4v) is 2.56. The van der Waals surface area contributed by atoms with E-state index in [1.807, 2.05) is 42.0 Å². The van der Waals surface area contributed by atoms with Crippen molar-refractivity contribution in [3.63, 3.8) is 0 Å². The SMILES string of the molecule is CC(C)c1nc(C#N)c(NCC(c2ccc(N(C)C)cc2)N(C)C)o1. The molecule has 1 unspecified atom stereocenters. The molecule has 0 aliphatic carbocycles. The first-order chi connectivity index (χ1) is 11.8. The molecule has 0 amide bonds. The molecule has 0 spiro atoms. The molecular weight excluding hydrogens is 314 g/mol. The van der Waals surface area contributed by atoms with E-state index in [9.17, 15) is 5.26 Å². The van der Waals surface area contributed by atoms with Gasteiger partial charge < -0.3 is 19.5 Å². The van der Waals surface area contributed by atoms with Crippen LogP contribution < -0.4 is 10.2 Å². The van der Waals surface area contributed by atoms with Crippen LogP contribution in [-0.2, 0) is 0 Å². The Morgan fingerprint density at radius 2 is 1.80 bits per heavy atom. The molecule has 0 saturated heterocycles. The van der Waals surface area contributed by atoms with Gasteiger partial charge in [0.15, 0.2) is 0 Å². The molecule has 1 atom stereocenters. The Labute approximate surface area is 150 Å². The summed E-state index contributed by atoms with van der Waals surface area (Å²) in [5.74, 6) is 1.17. The number of oxazole rings is 1. The summed E-state index contributed by atoms with van der Waals surface area (Å²) in [6.07, 6.45) is 0. The largest absolute Gasteiger partial charge is 0.424 e. The van der Waals surface area contributed by atoms with E-state index >= 15 is 0 Å². The van der Waals surface area contributed by atoms with Crippen LogP contribution in [0.1, 0.15) is 43.0 Å². The van der Waals surface area contributed by atoms with Crippen LogP contribution in [0, 0.1) is 11.3 Å². The molecule has 0 fully saturated rings. The molecule has 0 radical (unpaired) electrons. The molecule has 1 N–H and O–H groups in total. The summed E-state index contributed by atoms with van der Waals surface area (Å²) in [5.41, 5.74) is 2.67. The Bertz CT molecular complexity index is 725. The van der Waals surface area contributed by atoms with Crippen LogP contribution in [0.25, 0.3) is 0 Å². The predicted octanol–water partition coefficient (Wildman–Crippen LogP) is 3.45. The normalized spacial score (nSPS) is 12.3. The highest BCUT2D eigenvalue weighted by Gasteiger charge is 2.19. The standard InChI is InChI=1S/C19H27N5O/c1-13(2)18-22-16(11-20)19(25-18)21-12-17(24(5)6)14-7-9-15(10-8-14)23(3)4/h7-10,13,17,21H,12H2,1-6H3. The van der Waals surface area contributed by atoms with Gasteiger partial charge in [-0.1, -0.05) is 26.0 Å². The van der Waals surface area contributed by atoms with Crippen LogP contribution in [0.2, 0.25) is 0 Å². The first-order valence-corrected chi connectivity index (χ1v) is 8.41. The van der Waals surface area contributed by atoms with E-state index in [2.05, 4.69) is 50.4 Å². The number of nitriles is 1. The van der Waals surface area contributed by atoms with Crippen LogP contribution in [0.4, 0.5) is 11.6 Å². The number of aromatic nitrogens is 1. The van der Waals surface area contributed by atoms with E-state index in [0.717, 1.165) is 5.69 Å². The Morgan fingerprint density at radius 1 is 1.16 bits per heavy atom. The molecule has 0 aliphatic heterocycles. The van der Waals surface area contributed by atoms with Gasteiger partial charge >= 0.3 is 0 Å². The Morgan fingerprint density at radius 3 is 2.28 bits per heavy atom. The molecule has 1 aromatic carbocycles. The second-order valence-corrected chi connectivity index (χ2v) is 6.84. The Kier molecular flexibility index (Phi) is 6.05. The van der Waals surface area contributed by atoms with Gasteiger partial charge in [-0.15, -0.1) is 0 Å². The van der Waals surface area contributed by atoms with Crippen molar-refractivity contribution in [3.05, 3.63) is 41.4 Å². The lowest BCUT2D eigenvalue weighted by Crippen LogP contribution is -2.27. The maximum Gasteiger partial charge on any atom is 0.232 e. The van der Waals surface area contributed by atoms with Crippen molar-refractivity contribution >= 4 is 11.6 Å². The number of benzene rings is 1. The van der Waals surface area contributed by atoms with E-state index in [1.54, 1.807) is 0 Å². The van der Waals surface area contributed by atoms with E-state index in [0.29, 0.717) is 24.0 Å². The van der Waals surface area contributed by atoms with Gasteiger partial charge in [0, 0.05) is 32.2 Å². The van der Waals surface area contributed by atoms with Crippen molar-refractivity contribution in [3.8, 4) is 6.07 Å². The lowest BCUT2D eigenvalue weighted by atomic mass is 10.1. The fraction of sp³-hybridized carbons (Fsp3) is 0.474. The minimum absolute atomic E-state index is 0.144. The first-order valence-electron chi connectivity index (χ1n) is 8.41. The molecule has 0 bridgehead atoms. The maximum absolute atomic E-state index is 9.26. The van der Waals surface area contributed by atoms with E-state index < -0.39 is 0 Å². The smallest absolute Gasteiger partial charge is 0.232 e. The summed E-state index contributed by atoms with van der Waals surface area (Å²) in [7, 11) is 8.13. The zero-order valence-electron chi connectivity index (χ0n) is 15.9. The molecule has 0 aliphatic rings. The molecule has 2 rings (SSSR count). The third kappa shape index (κ3) is 4.52. The van der Waals surface area contributed by atoms with Crippen molar-refractivity contribution in [1.82, 2.24) is 9.88 Å². The molecule has 0 saturated carbocycles. The lowest BCUT2D eigenvalue weighted by molar-refractivity contribution is 0.310. The third-order valence-corrected chi connectivity index (χ3v) is 4.12. The van der Waals surface area contributed by atoms with Gasteiger partial charge in [-0.2, -0.15) is 5.26 Å². The topological polar surface area (TPSA) is 68.3 Å². The quantitative estimate of drug-likeness (QED) is 0.832. The van der Waals surface area contributed by atoms with Crippen LogP contribution in [0.3, 0.4) is 0 Å². The second kappa shape index (κ2) is 8.04. The summed E-state index contributed by atoms with van der Waals surface area (Å²) in [6, 6.07) is 10.7. The molecule has 25 heavy (non-hydrogen) atoms. The molecule has 1 heterocycles. The van der Waals surface area contributed by atoms with Gasteiger partial charge in [0.25, 0.3) is 0 Å². The van der Waals surface area contributed by atoms with Crippen LogP contribution in [-0.4, -0.2) is 44.6 Å². The van der Waals surface area contributed by atoms with E-state index in [4.69, 9.17) is 4.42 Å². The monoisotopic (exact) mass is 341 g/mol. The van der Waals surface area contributed by atoms with Gasteiger partial charge in [-0.25, -0.2) is 4.98 Å². The highest BCUT2D eigenvalue weighted by Crippen LogP contribution is 2.25.